The number of Topliss-reactive ketones (excluding diaryl/α,β-unsaturated/α-hetero) is 1. The second-order valence-corrected chi connectivity index (χ2v) is 6.30. The van der Waals surface area contributed by atoms with E-state index < -0.39 is 0 Å². The second kappa shape index (κ2) is 7.08. The minimum atomic E-state index is 0.180. The van der Waals surface area contributed by atoms with Crippen molar-refractivity contribution in [1.29, 1.82) is 0 Å². The molecule has 3 nitrogen and oxygen atoms in total. The number of hydrogen-bond donors (Lipinski definition) is 0. The first kappa shape index (κ1) is 16.0. The first-order valence-corrected chi connectivity index (χ1v) is 8.00. The lowest BCUT2D eigenvalue weighted by Crippen LogP contribution is -2.38. The number of benzene rings is 1. The van der Waals surface area contributed by atoms with Gasteiger partial charge in [0.05, 0.1) is 18.7 Å². The van der Waals surface area contributed by atoms with Gasteiger partial charge in [-0.3, -0.25) is 9.69 Å². The molecule has 116 valence electrons. The summed E-state index contributed by atoms with van der Waals surface area (Å²) in [6.07, 6.45) is 2.47. The molecule has 1 unspecified atom stereocenters. The normalized spacial score (nSPS) is 19.5. The van der Waals surface area contributed by atoms with Crippen LogP contribution in [0, 0.1) is 19.8 Å². The van der Waals surface area contributed by atoms with Crippen molar-refractivity contribution in [2.24, 2.45) is 5.92 Å². The molecule has 0 spiro atoms. The van der Waals surface area contributed by atoms with Crippen molar-refractivity contribution >= 4 is 5.78 Å². The van der Waals surface area contributed by atoms with Gasteiger partial charge >= 0.3 is 0 Å². The molecular weight excluding hydrogens is 262 g/mol. The number of carbonyl (C=O) groups excluding carboxylic acids is 1. The van der Waals surface area contributed by atoms with Crippen molar-refractivity contribution in [3.05, 3.63) is 28.8 Å². The Morgan fingerprint density at radius 1 is 1.38 bits per heavy atom. The molecule has 1 heterocycles. The van der Waals surface area contributed by atoms with E-state index in [0.717, 1.165) is 35.5 Å². The lowest BCUT2D eigenvalue weighted by molar-refractivity contribution is 0.0889. The maximum Gasteiger partial charge on any atom is 0.180 e. The summed E-state index contributed by atoms with van der Waals surface area (Å²) in [5, 5.41) is 0. The molecule has 0 bridgehead atoms. The van der Waals surface area contributed by atoms with Crippen molar-refractivity contribution in [1.82, 2.24) is 4.90 Å². The van der Waals surface area contributed by atoms with E-state index in [2.05, 4.69) is 17.9 Å². The largest absolute Gasteiger partial charge is 0.493 e. The molecule has 0 aliphatic carbocycles. The first-order chi connectivity index (χ1) is 10.0. The molecule has 3 heteroatoms. The van der Waals surface area contributed by atoms with Crippen LogP contribution in [-0.2, 0) is 0 Å². The second-order valence-electron chi connectivity index (χ2n) is 6.30. The summed E-state index contributed by atoms with van der Waals surface area (Å²) in [5.74, 6) is 1.63. The fraction of sp³-hybridized carbons (Fsp3) is 0.611. The van der Waals surface area contributed by atoms with Gasteiger partial charge in [0.1, 0.15) is 5.75 Å². The summed E-state index contributed by atoms with van der Waals surface area (Å²) in [6, 6.07) is 4.04. The summed E-state index contributed by atoms with van der Waals surface area (Å²) in [7, 11) is 0. The zero-order chi connectivity index (χ0) is 15.4. The SMILES string of the molecule is CCOc1c(C)cc(C)cc1C(=O)CN1CCCC(C)C1. The number of ketones is 1. The van der Waals surface area contributed by atoms with Gasteiger partial charge in [0.2, 0.25) is 0 Å². The molecule has 1 atom stereocenters. The van der Waals surface area contributed by atoms with E-state index in [1.54, 1.807) is 0 Å². The van der Waals surface area contributed by atoms with Crippen LogP contribution in [0.3, 0.4) is 0 Å². The van der Waals surface area contributed by atoms with E-state index in [9.17, 15) is 4.79 Å². The molecule has 1 aliphatic rings. The number of aryl methyl sites for hydroxylation is 2. The van der Waals surface area contributed by atoms with Gasteiger partial charge in [-0.15, -0.1) is 0 Å². The van der Waals surface area contributed by atoms with Gasteiger partial charge in [0, 0.05) is 6.54 Å². The van der Waals surface area contributed by atoms with Crippen LogP contribution in [0.2, 0.25) is 0 Å². The van der Waals surface area contributed by atoms with E-state index in [4.69, 9.17) is 4.74 Å². The Morgan fingerprint density at radius 2 is 2.14 bits per heavy atom. The van der Waals surface area contributed by atoms with Crippen molar-refractivity contribution in [3.8, 4) is 5.75 Å². The highest BCUT2D eigenvalue weighted by molar-refractivity contribution is 6.00. The van der Waals surface area contributed by atoms with Crippen LogP contribution in [0.1, 0.15) is 48.2 Å². The zero-order valence-corrected chi connectivity index (χ0v) is 13.7. The topological polar surface area (TPSA) is 29.5 Å². The molecule has 0 radical (unpaired) electrons. The van der Waals surface area contributed by atoms with Gasteiger partial charge in [-0.05, 0) is 63.3 Å². The molecule has 0 saturated carbocycles. The molecule has 0 N–H and O–H groups in total. The highest BCUT2D eigenvalue weighted by Crippen LogP contribution is 2.26. The number of hydrogen-bond acceptors (Lipinski definition) is 3. The molecule has 21 heavy (non-hydrogen) atoms. The van der Waals surface area contributed by atoms with Gasteiger partial charge in [-0.25, -0.2) is 0 Å². The lowest BCUT2D eigenvalue weighted by atomic mass is 9.98. The van der Waals surface area contributed by atoms with Crippen LogP contribution in [-0.4, -0.2) is 36.9 Å². The average molecular weight is 289 g/mol. The Morgan fingerprint density at radius 3 is 2.81 bits per heavy atom. The van der Waals surface area contributed by atoms with E-state index in [0.29, 0.717) is 19.1 Å². The Hall–Kier alpha value is -1.35. The highest BCUT2D eigenvalue weighted by Gasteiger charge is 2.22. The van der Waals surface area contributed by atoms with Gasteiger partial charge in [-0.2, -0.15) is 0 Å². The predicted molar refractivity (Wildman–Crippen MR) is 86.3 cm³/mol. The van der Waals surface area contributed by atoms with Crippen molar-refractivity contribution in [2.75, 3.05) is 26.2 Å². The highest BCUT2D eigenvalue weighted by atomic mass is 16.5. The van der Waals surface area contributed by atoms with E-state index >= 15 is 0 Å². The van der Waals surface area contributed by atoms with Gasteiger partial charge in [-0.1, -0.05) is 13.0 Å². The van der Waals surface area contributed by atoms with E-state index in [1.165, 1.54) is 12.8 Å². The van der Waals surface area contributed by atoms with Crippen molar-refractivity contribution in [2.45, 2.75) is 40.5 Å². The monoisotopic (exact) mass is 289 g/mol. The third-order valence-corrected chi connectivity index (χ3v) is 4.12. The van der Waals surface area contributed by atoms with Crippen molar-refractivity contribution in [3.63, 3.8) is 0 Å². The Labute approximate surface area is 128 Å². The minimum Gasteiger partial charge on any atom is -0.493 e. The smallest absolute Gasteiger partial charge is 0.180 e. The fourth-order valence-electron chi connectivity index (χ4n) is 3.22. The molecule has 1 aromatic carbocycles. The summed E-state index contributed by atoms with van der Waals surface area (Å²) < 4.78 is 5.71. The molecule has 1 saturated heterocycles. The third kappa shape index (κ3) is 4.07. The number of ether oxygens (including phenoxy) is 1. The summed E-state index contributed by atoms with van der Waals surface area (Å²) >= 11 is 0. The summed E-state index contributed by atoms with van der Waals surface area (Å²) in [6.45, 7) is 11.4. The van der Waals surface area contributed by atoms with Gasteiger partial charge in [0.25, 0.3) is 0 Å². The Bertz CT molecular complexity index is 510. The van der Waals surface area contributed by atoms with E-state index in [-0.39, 0.29) is 5.78 Å². The van der Waals surface area contributed by atoms with Crippen LogP contribution in [0.15, 0.2) is 12.1 Å². The summed E-state index contributed by atoms with van der Waals surface area (Å²) in [5.41, 5.74) is 2.91. The van der Waals surface area contributed by atoms with Gasteiger partial charge < -0.3 is 4.74 Å². The quantitative estimate of drug-likeness (QED) is 0.775. The molecular formula is C18H27NO2. The van der Waals surface area contributed by atoms with Gasteiger partial charge in [0.15, 0.2) is 5.78 Å². The number of rotatable bonds is 5. The molecule has 2 rings (SSSR count). The van der Waals surface area contributed by atoms with Crippen molar-refractivity contribution < 1.29 is 9.53 Å². The van der Waals surface area contributed by atoms with Crippen LogP contribution >= 0.6 is 0 Å². The van der Waals surface area contributed by atoms with Crippen LogP contribution in [0.4, 0.5) is 0 Å². The molecule has 0 amide bonds. The average Bonchev–Trinajstić information content (AvgIpc) is 2.41. The first-order valence-electron chi connectivity index (χ1n) is 8.00. The predicted octanol–water partition coefficient (Wildman–Crippen LogP) is 3.62. The zero-order valence-electron chi connectivity index (χ0n) is 13.7. The molecule has 1 aliphatic heterocycles. The molecule has 1 aromatic rings. The van der Waals surface area contributed by atoms with Crippen LogP contribution in [0.25, 0.3) is 0 Å². The Balaban J connectivity index is 2.17. The molecule has 0 aromatic heterocycles. The van der Waals surface area contributed by atoms with E-state index in [1.807, 2.05) is 26.8 Å². The number of carbonyl (C=O) groups is 1. The number of piperidine rings is 1. The standard InChI is InChI=1S/C18H27NO2/c1-5-21-18-15(4)9-14(3)10-16(18)17(20)12-19-8-6-7-13(2)11-19/h9-10,13H,5-8,11-12H2,1-4H3. The maximum absolute atomic E-state index is 12.7. The fourth-order valence-corrected chi connectivity index (χ4v) is 3.22. The summed E-state index contributed by atoms with van der Waals surface area (Å²) in [4.78, 5) is 15.0. The lowest BCUT2D eigenvalue weighted by Gasteiger charge is -2.30. The minimum absolute atomic E-state index is 0.180. The number of nitrogens with zero attached hydrogens (tertiary/aromatic N) is 1. The maximum atomic E-state index is 12.7. The Kier molecular flexibility index (Phi) is 5.40. The third-order valence-electron chi connectivity index (χ3n) is 4.12. The van der Waals surface area contributed by atoms with Crippen LogP contribution in [0.5, 0.6) is 5.75 Å². The molecule has 1 fully saturated rings. The van der Waals surface area contributed by atoms with Crippen LogP contribution < -0.4 is 4.74 Å². The number of likely N-dealkylation sites (tertiary alicyclic amines) is 1.